The van der Waals surface area contributed by atoms with Crippen molar-refractivity contribution in [3.63, 3.8) is 0 Å². The third-order valence-electron chi connectivity index (χ3n) is 15.8. The summed E-state index contributed by atoms with van der Waals surface area (Å²) in [6, 6.07) is 0. The minimum atomic E-state index is -5.67. The molecule has 0 saturated carbocycles. The minimum absolute atomic E-state index is 0.0120. The number of nitrogens with one attached hydrogen (secondary N) is 2. The van der Waals surface area contributed by atoms with Crippen molar-refractivity contribution in [1.29, 1.82) is 0 Å². The van der Waals surface area contributed by atoms with Crippen molar-refractivity contribution in [2.45, 2.75) is 112 Å². The first-order valence-corrected chi connectivity index (χ1v) is 35.8. The van der Waals surface area contributed by atoms with Crippen LogP contribution < -0.4 is 44.6 Å². The van der Waals surface area contributed by atoms with E-state index in [-0.39, 0.29) is 110 Å². The molecule has 4 fully saturated rings. The Morgan fingerprint density at radius 2 is 1.09 bits per heavy atom. The molecular formula is C52H75N15O28P3S-. The number of methoxy groups -OCH3 is 4. The average Bonchev–Trinajstić information content (AvgIpc) is 1.63. The van der Waals surface area contributed by atoms with Gasteiger partial charge in [-0.15, -0.1) is 0 Å². The Labute approximate surface area is 564 Å². The number of phosphoric acid groups is 2. The molecule has 99 heavy (non-hydrogen) atoms. The van der Waals surface area contributed by atoms with E-state index in [2.05, 4.69) is 39.9 Å². The first kappa shape index (κ1) is 75.7. The molecule has 7 unspecified atom stereocenters. The smallest absolute Gasteiger partial charge is 0.472 e. The van der Waals surface area contributed by atoms with Crippen LogP contribution >= 0.6 is 22.4 Å². The number of nitrogens with zero attached hydrogens (tertiary/aromatic N) is 10. The molecule has 43 nitrogen and oxygen atoms in total. The second kappa shape index (κ2) is 33.0. The number of nitrogen functional groups attached to an aromatic ring is 3. The van der Waals surface area contributed by atoms with Gasteiger partial charge in [-0.2, -0.15) is 9.97 Å². The molecule has 10 rings (SSSR count). The standard InChI is InChI=1S/C52H76N15O28P3S/c1-25-16-65(51(71)60-40(25)53)47-38(84-13-9-80-5)36(31(91-47)21-88-98(77,99)95-34-29(18-68)90-49(37(34)83-12-8-79-4)67-24-59-33-43(67)61-50(55)62-45(33)70)94-97(75,76)87-20-30-35(39(85-14-10-81-6)48(92-30)66-23-58-32-41(54)56-22-57-42(32)66)93-96(73,74)86-19-27-15-28(82-11-7-78-3)46(89-27)64-17-26(2)44(69)63-52(64)72/h16-17,22-24,27-31,34-39,46-49,68H,7-15,18-21H2,1-6H3,(H,73,74)(H,75,76)(H,77,99)(H2,53,60,71)(H2,54,56,57)(H,63,69,72)(H3,55,61,62,70)/p-1/t27-,28?,29+,30+,31+,34-,35-,36-,37?,38?,39?,46+,47+,48+,49+,98?/m0/s1. The van der Waals surface area contributed by atoms with Gasteiger partial charge in [0.1, 0.15) is 85.4 Å². The van der Waals surface area contributed by atoms with E-state index in [1.807, 2.05) is 0 Å². The number of rotatable bonds is 36. The Bertz CT molecular complexity index is 4150. The van der Waals surface area contributed by atoms with Gasteiger partial charge < -0.3 is 103 Å². The molecule has 47 heteroatoms. The van der Waals surface area contributed by atoms with Crippen LogP contribution in [0.5, 0.6) is 0 Å². The number of hydrogen-bond acceptors (Lipinski definition) is 36. The van der Waals surface area contributed by atoms with Gasteiger partial charge in [-0.05, 0) is 13.8 Å². The monoisotopic (exact) mass is 1480 g/mol. The van der Waals surface area contributed by atoms with Crippen LogP contribution in [0.2, 0.25) is 0 Å². The Balaban J connectivity index is 0.932. The fourth-order valence-electron chi connectivity index (χ4n) is 11.2. The number of aromatic nitrogens is 12. The highest BCUT2D eigenvalue weighted by molar-refractivity contribution is 8.06. The summed E-state index contributed by atoms with van der Waals surface area (Å²) in [5.74, 6) is -0.480. The lowest BCUT2D eigenvalue weighted by atomic mass is 10.1. The Morgan fingerprint density at radius 3 is 1.68 bits per heavy atom. The fraction of sp³-hybridized carbons (Fsp3) is 0.654. The van der Waals surface area contributed by atoms with E-state index < -0.39 is 163 Å². The van der Waals surface area contributed by atoms with E-state index in [1.54, 1.807) is 0 Å². The van der Waals surface area contributed by atoms with Crippen molar-refractivity contribution in [3.05, 3.63) is 84.2 Å². The third kappa shape index (κ3) is 17.8. The quantitative estimate of drug-likeness (QED) is 0.0146. The Hall–Kier alpha value is -5.91. The van der Waals surface area contributed by atoms with Gasteiger partial charge >= 0.3 is 27.0 Å². The number of ether oxygens (including phenoxy) is 12. The highest BCUT2D eigenvalue weighted by Gasteiger charge is 2.55. The molecule has 4 aliphatic heterocycles. The molecule has 548 valence electrons. The Morgan fingerprint density at radius 1 is 0.576 bits per heavy atom. The van der Waals surface area contributed by atoms with E-state index in [1.165, 1.54) is 76.5 Å². The van der Waals surface area contributed by atoms with Crippen LogP contribution in [0.25, 0.3) is 22.3 Å². The summed E-state index contributed by atoms with van der Waals surface area (Å²) in [6.07, 6.45) is -16.0. The number of aromatic amines is 2. The third-order valence-corrected chi connectivity index (χ3v) is 19.3. The van der Waals surface area contributed by atoms with Crippen molar-refractivity contribution < 1.29 is 113 Å². The van der Waals surface area contributed by atoms with Crippen molar-refractivity contribution in [2.75, 3.05) is 125 Å². The van der Waals surface area contributed by atoms with Crippen LogP contribution in [0.3, 0.4) is 0 Å². The predicted molar refractivity (Wildman–Crippen MR) is 336 cm³/mol. The van der Waals surface area contributed by atoms with Crippen LogP contribution in [0.4, 0.5) is 17.6 Å². The molecule has 0 spiro atoms. The topological polar surface area (TPSA) is 559 Å². The SMILES string of the molecule is COCCOC1C[C@@H](COP(=O)(O)O[C@@H]2C(OCCOC)[C@H](n3cnc4c(N)ncnc43)O[C@@H]2COP(=O)(O)O[C@@H]2C(OCCOC)[C@H](n3cc(C)c(N)nc3=O)O[C@@H]2COP([O-])(=S)O[C@@H]2C(OCCOC)[C@H](n3cnc4c(=O)[nH]c(N)nc43)O[C@@H]2CO)O[C@H]1n1cc(C)c(=O)[nH]c1=O. The predicted octanol–water partition coefficient (Wildman–Crippen LogP) is -2.78. The van der Waals surface area contributed by atoms with Gasteiger partial charge in [0.2, 0.25) is 5.95 Å². The number of H-pyrrole nitrogens is 2. The number of aryl methyl sites for hydroxylation is 2. The molecule has 4 saturated heterocycles. The van der Waals surface area contributed by atoms with E-state index in [0.29, 0.717) is 0 Å². The molecule has 0 radical (unpaired) electrons. The summed E-state index contributed by atoms with van der Waals surface area (Å²) in [6.45, 7) is -6.09. The number of imidazole rings is 2. The van der Waals surface area contributed by atoms with Gasteiger partial charge in [0.25, 0.3) is 11.1 Å². The zero-order chi connectivity index (χ0) is 71.1. The van der Waals surface area contributed by atoms with Crippen molar-refractivity contribution in [2.24, 2.45) is 0 Å². The summed E-state index contributed by atoms with van der Waals surface area (Å²) >= 11 is 5.46. The first-order valence-electron chi connectivity index (χ1n) is 30.2. The lowest BCUT2D eigenvalue weighted by Gasteiger charge is -2.35. The zero-order valence-corrected chi connectivity index (χ0v) is 57.2. The number of fused-ring (bicyclic) bond motifs is 2. The normalized spacial score (nSPS) is 28.3. The summed E-state index contributed by atoms with van der Waals surface area (Å²) in [4.78, 5) is 120. The van der Waals surface area contributed by atoms with Crippen molar-refractivity contribution in [1.82, 2.24) is 58.1 Å². The molecule has 18 atom stereocenters. The number of aliphatic hydroxyl groups is 1. The van der Waals surface area contributed by atoms with Crippen LogP contribution in [-0.4, -0.2) is 248 Å². The zero-order valence-electron chi connectivity index (χ0n) is 53.7. The van der Waals surface area contributed by atoms with E-state index in [9.17, 15) is 48.1 Å². The highest BCUT2D eigenvalue weighted by atomic mass is 32.5. The lowest BCUT2D eigenvalue weighted by Crippen LogP contribution is -2.41. The average molecular weight is 1480 g/mol. The molecule has 6 aromatic heterocycles. The maximum absolute atomic E-state index is 14.9. The van der Waals surface area contributed by atoms with Crippen LogP contribution in [0, 0.1) is 13.8 Å². The van der Waals surface area contributed by atoms with Gasteiger partial charge in [-0.3, -0.25) is 55.9 Å². The van der Waals surface area contributed by atoms with Crippen LogP contribution in [-0.2, 0) is 105 Å². The van der Waals surface area contributed by atoms with Gasteiger partial charge in [0.05, 0.1) is 98.0 Å². The number of anilines is 3. The summed E-state index contributed by atoms with van der Waals surface area (Å²) in [5.41, 5.74) is 15.3. The van der Waals surface area contributed by atoms with Crippen LogP contribution in [0.1, 0.15) is 42.5 Å². The van der Waals surface area contributed by atoms with Crippen molar-refractivity contribution in [3.8, 4) is 0 Å². The first-order chi connectivity index (χ1) is 47.3. The minimum Gasteiger partial charge on any atom is -0.780 e. The van der Waals surface area contributed by atoms with Gasteiger partial charge in [-0.25, -0.2) is 38.7 Å². The summed E-state index contributed by atoms with van der Waals surface area (Å²) in [7, 11) is -5.50. The Kier molecular flexibility index (Phi) is 25.3. The number of phosphoric ester groups is 2. The second-order valence-corrected chi connectivity index (χ2v) is 28.0. The van der Waals surface area contributed by atoms with Gasteiger partial charge in [0, 0.05) is 58.4 Å². The molecule has 4 aliphatic rings. The number of nitrogens with two attached hydrogens (primary N) is 3. The summed E-state index contributed by atoms with van der Waals surface area (Å²) in [5, 5.41) is 10.7. The molecule has 0 amide bonds. The van der Waals surface area contributed by atoms with E-state index in [0.717, 1.165) is 15.5 Å². The van der Waals surface area contributed by atoms with Crippen LogP contribution in [0.15, 0.2) is 50.6 Å². The number of hydrogen-bond donors (Lipinski definition) is 8. The van der Waals surface area contributed by atoms with Gasteiger partial charge in [0.15, 0.2) is 47.5 Å². The largest absolute Gasteiger partial charge is 0.780 e. The fourth-order valence-corrected chi connectivity index (χ4v) is 14.6. The van der Waals surface area contributed by atoms with Gasteiger partial charge in [-0.1, -0.05) is 11.8 Å². The van der Waals surface area contributed by atoms with E-state index >= 15 is 0 Å². The van der Waals surface area contributed by atoms with E-state index in [4.69, 9.17) is 113 Å². The molecule has 11 N–H and O–H groups in total. The van der Waals surface area contributed by atoms with Crippen molar-refractivity contribution >= 4 is 74.1 Å². The molecule has 0 bridgehead atoms. The molecule has 0 aromatic carbocycles. The summed E-state index contributed by atoms with van der Waals surface area (Å²) < 4.78 is 139. The maximum Gasteiger partial charge on any atom is 0.472 e. The second-order valence-electron chi connectivity index (χ2n) is 22.5. The number of aliphatic hydroxyl groups excluding tert-OH is 1. The molecule has 6 aromatic rings. The molecular weight excluding hydrogens is 1410 g/mol. The lowest BCUT2D eigenvalue weighted by molar-refractivity contribution is -0.218. The molecule has 10 heterocycles. The highest BCUT2D eigenvalue weighted by Crippen LogP contribution is 2.54. The molecule has 0 aliphatic carbocycles. The maximum atomic E-state index is 14.9.